The van der Waals surface area contributed by atoms with E-state index in [1.165, 1.54) is 0 Å². The Morgan fingerprint density at radius 2 is 2.22 bits per heavy atom. The van der Waals surface area contributed by atoms with Crippen LogP contribution in [0.4, 0.5) is 5.69 Å². The molecule has 2 N–H and O–H groups in total. The Bertz CT molecular complexity index is 723. The second kappa shape index (κ2) is 6.02. The molecule has 23 heavy (non-hydrogen) atoms. The summed E-state index contributed by atoms with van der Waals surface area (Å²) in [7, 11) is 0. The van der Waals surface area contributed by atoms with E-state index in [0.29, 0.717) is 29.5 Å². The molecule has 0 saturated carbocycles. The molecule has 1 amide bonds. The maximum absolute atomic E-state index is 12.9. The first-order valence-electron chi connectivity index (χ1n) is 7.98. The average molecular weight is 314 g/mol. The normalized spacial score (nSPS) is 17.9. The Kier molecular flexibility index (Phi) is 4.07. The Balaban J connectivity index is 1.88. The topological polar surface area (TPSA) is 85.3 Å². The summed E-state index contributed by atoms with van der Waals surface area (Å²) in [5, 5.41) is 4.08. The third-order valence-corrected chi connectivity index (χ3v) is 4.26. The lowest BCUT2D eigenvalue weighted by Gasteiger charge is -2.23. The molecule has 1 aromatic heterocycles. The zero-order valence-corrected chi connectivity index (χ0v) is 13.7. The molecule has 6 nitrogen and oxygen atoms in total. The number of amides is 1. The fourth-order valence-electron chi connectivity index (χ4n) is 2.92. The molecule has 0 bridgehead atoms. The van der Waals surface area contributed by atoms with Gasteiger partial charge in [0, 0.05) is 23.7 Å². The van der Waals surface area contributed by atoms with E-state index >= 15 is 0 Å². The summed E-state index contributed by atoms with van der Waals surface area (Å²) < 4.78 is 5.30. The van der Waals surface area contributed by atoms with Gasteiger partial charge < -0.3 is 15.2 Å². The van der Waals surface area contributed by atoms with Gasteiger partial charge in [0.1, 0.15) is 0 Å². The minimum atomic E-state index is -0.125. The number of benzene rings is 1. The highest BCUT2D eigenvalue weighted by Gasteiger charge is 2.34. The Morgan fingerprint density at radius 3 is 2.91 bits per heavy atom. The lowest BCUT2D eigenvalue weighted by molar-refractivity contribution is 0.0727. The zero-order valence-electron chi connectivity index (χ0n) is 13.7. The van der Waals surface area contributed by atoms with Crippen LogP contribution in [0, 0.1) is 6.92 Å². The molecule has 0 radical (unpaired) electrons. The van der Waals surface area contributed by atoms with Gasteiger partial charge in [-0.05, 0) is 37.5 Å². The van der Waals surface area contributed by atoms with Gasteiger partial charge in [0.15, 0.2) is 5.82 Å². The maximum Gasteiger partial charge on any atom is 0.254 e. The molecule has 1 aliphatic heterocycles. The van der Waals surface area contributed by atoms with Crippen molar-refractivity contribution in [2.24, 2.45) is 0 Å². The Labute approximate surface area is 135 Å². The zero-order chi connectivity index (χ0) is 16.6. The van der Waals surface area contributed by atoms with Gasteiger partial charge in [-0.2, -0.15) is 4.98 Å². The second-order valence-corrected chi connectivity index (χ2v) is 6.38. The number of likely N-dealkylation sites (tertiary alicyclic amines) is 1. The van der Waals surface area contributed by atoms with Gasteiger partial charge >= 0.3 is 0 Å². The van der Waals surface area contributed by atoms with E-state index in [-0.39, 0.29) is 17.9 Å². The number of hydrogen-bond acceptors (Lipinski definition) is 5. The predicted molar refractivity (Wildman–Crippen MR) is 87.0 cm³/mol. The van der Waals surface area contributed by atoms with Gasteiger partial charge in [0.25, 0.3) is 5.91 Å². The van der Waals surface area contributed by atoms with E-state index in [2.05, 4.69) is 10.1 Å². The fraction of sp³-hybridized carbons (Fsp3) is 0.471. The van der Waals surface area contributed by atoms with E-state index in [0.717, 1.165) is 18.4 Å². The first-order chi connectivity index (χ1) is 11.0. The summed E-state index contributed by atoms with van der Waals surface area (Å²) in [5.41, 5.74) is 7.99. The second-order valence-electron chi connectivity index (χ2n) is 6.38. The molecular formula is C17H22N4O2. The van der Waals surface area contributed by atoms with E-state index in [1.54, 1.807) is 6.07 Å². The maximum atomic E-state index is 12.9. The van der Waals surface area contributed by atoms with Crippen molar-refractivity contribution < 1.29 is 9.32 Å². The molecule has 1 unspecified atom stereocenters. The van der Waals surface area contributed by atoms with Crippen LogP contribution in [-0.4, -0.2) is 27.5 Å². The van der Waals surface area contributed by atoms with Gasteiger partial charge in [-0.25, -0.2) is 0 Å². The minimum absolute atomic E-state index is 0.0202. The Morgan fingerprint density at radius 1 is 1.43 bits per heavy atom. The van der Waals surface area contributed by atoms with Crippen molar-refractivity contribution in [2.45, 2.75) is 45.6 Å². The van der Waals surface area contributed by atoms with Crippen LogP contribution >= 0.6 is 0 Å². The quantitative estimate of drug-likeness (QED) is 0.880. The summed E-state index contributed by atoms with van der Waals surface area (Å²) in [6.45, 7) is 6.63. The van der Waals surface area contributed by atoms with Crippen LogP contribution in [-0.2, 0) is 0 Å². The predicted octanol–water partition coefficient (Wildman–Crippen LogP) is 3.06. The fourth-order valence-corrected chi connectivity index (χ4v) is 2.92. The number of carbonyl (C=O) groups is 1. The van der Waals surface area contributed by atoms with Crippen LogP contribution in [0.15, 0.2) is 22.7 Å². The highest BCUT2D eigenvalue weighted by molar-refractivity contribution is 5.96. The summed E-state index contributed by atoms with van der Waals surface area (Å²) in [6.07, 6.45) is 1.79. The molecule has 122 valence electrons. The van der Waals surface area contributed by atoms with Crippen LogP contribution in [0.3, 0.4) is 0 Å². The van der Waals surface area contributed by atoms with Crippen molar-refractivity contribution in [1.82, 2.24) is 15.0 Å². The monoisotopic (exact) mass is 314 g/mol. The average Bonchev–Trinajstić information content (AvgIpc) is 3.16. The van der Waals surface area contributed by atoms with Gasteiger partial charge in [0.2, 0.25) is 5.89 Å². The number of aromatic nitrogens is 2. The smallest absolute Gasteiger partial charge is 0.254 e. The standard InChI is InChI=1S/C17H22N4O2/c1-10(2)16-19-15(20-23-16)14-5-4-8-21(14)17(22)13-9-12(18)7-6-11(13)3/h6-7,9-10,14H,4-5,8,18H2,1-3H3. The highest BCUT2D eigenvalue weighted by atomic mass is 16.5. The molecule has 2 aromatic rings. The third-order valence-electron chi connectivity index (χ3n) is 4.26. The number of aryl methyl sites for hydroxylation is 1. The van der Waals surface area contributed by atoms with E-state index in [4.69, 9.17) is 10.3 Å². The SMILES string of the molecule is Cc1ccc(N)cc1C(=O)N1CCCC1c1noc(C(C)C)n1. The van der Waals surface area contributed by atoms with Crippen LogP contribution in [0.2, 0.25) is 0 Å². The highest BCUT2D eigenvalue weighted by Crippen LogP contribution is 2.32. The number of hydrogen-bond donors (Lipinski definition) is 1. The van der Waals surface area contributed by atoms with E-state index in [9.17, 15) is 4.79 Å². The van der Waals surface area contributed by atoms with Gasteiger partial charge in [-0.15, -0.1) is 0 Å². The molecular weight excluding hydrogens is 292 g/mol. The van der Waals surface area contributed by atoms with Gasteiger partial charge in [-0.1, -0.05) is 25.1 Å². The third kappa shape index (κ3) is 2.93. The molecule has 6 heteroatoms. The lowest BCUT2D eigenvalue weighted by Crippen LogP contribution is -2.31. The molecule has 1 aromatic carbocycles. The van der Waals surface area contributed by atoms with Crippen molar-refractivity contribution in [3.05, 3.63) is 41.0 Å². The first-order valence-corrected chi connectivity index (χ1v) is 7.98. The molecule has 0 spiro atoms. The number of carbonyl (C=O) groups excluding carboxylic acids is 1. The van der Waals surface area contributed by atoms with E-state index in [1.807, 2.05) is 37.8 Å². The van der Waals surface area contributed by atoms with Crippen LogP contribution in [0.25, 0.3) is 0 Å². The Hall–Kier alpha value is -2.37. The largest absolute Gasteiger partial charge is 0.399 e. The van der Waals surface area contributed by atoms with Gasteiger partial charge in [-0.3, -0.25) is 4.79 Å². The molecule has 0 aliphatic carbocycles. The molecule has 2 heterocycles. The molecule has 1 atom stereocenters. The van der Waals surface area contributed by atoms with Crippen molar-refractivity contribution in [3.8, 4) is 0 Å². The van der Waals surface area contributed by atoms with Crippen LogP contribution < -0.4 is 5.73 Å². The lowest BCUT2D eigenvalue weighted by atomic mass is 10.1. The summed E-state index contributed by atoms with van der Waals surface area (Å²) in [5.74, 6) is 1.37. The van der Waals surface area contributed by atoms with Gasteiger partial charge in [0.05, 0.1) is 6.04 Å². The van der Waals surface area contributed by atoms with Crippen molar-refractivity contribution >= 4 is 11.6 Å². The van der Waals surface area contributed by atoms with Crippen molar-refractivity contribution in [2.75, 3.05) is 12.3 Å². The minimum Gasteiger partial charge on any atom is -0.399 e. The number of nitrogens with two attached hydrogens (primary N) is 1. The molecule has 3 rings (SSSR count). The summed E-state index contributed by atoms with van der Waals surface area (Å²) in [4.78, 5) is 19.2. The first kappa shape index (κ1) is 15.5. The number of nitrogens with zero attached hydrogens (tertiary/aromatic N) is 3. The molecule has 1 aliphatic rings. The number of anilines is 1. The summed E-state index contributed by atoms with van der Waals surface area (Å²) in [6, 6.07) is 5.29. The van der Waals surface area contributed by atoms with Crippen molar-refractivity contribution in [1.29, 1.82) is 0 Å². The van der Waals surface area contributed by atoms with Crippen LogP contribution in [0.1, 0.15) is 66.3 Å². The molecule has 1 fully saturated rings. The number of nitrogen functional groups attached to an aromatic ring is 1. The molecule has 1 saturated heterocycles. The van der Waals surface area contributed by atoms with E-state index < -0.39 is 0 Å². The number of rotatable bonds is 3. The van der Waals surface area contributed by atoms with Crippen molar-refractivity contribution in [3.63, 3.8) is 0 Å². The van der Waals surface area contributed by atoms with Crippen LogP contribution in [0.5, 0.6) is 0 Å². The summed E-state index contributed by atoms with van der Waals surface area (Å²) >= 11 is 0.